The van der Waals surface area contributed by atoms with Crippen molar-refractivity contribution in [2.45, 2.75) is 13.0 Å². The number of hydrogen-bond donors (Lipinski definition) is 1. The third kappa shape index (κ3) is 6.17. The second-order valence-electron chi connectivity index (χ2n) is 6.87. The van der Waals surface area contributed by atoms with Crippen LogP contribution in [0.4, 0.5) is 10.1 Å². The van der Waals surface area contributed by atoms with Gasteiger partial charge in [0.05, 0.1) is 6.54 Å². The number of carbonyl (C=O) groups excluding carboxylic acids is 2. The summed E-state index contributed by atoms with van der Waals surface area (Å²) in [5.41, 5.74) is 0.553. The molecule has 0 aliphatic carbocycles. The molecule has 2 aromatic carbocycles. The highest BCUT2D eigenvalue weighted by Crippen LogP contribution is 2.19. The van der Waals surface area contributed by atoms with Crippen molar-refractivity contribution in [3.63, 3.8) is 0 Å². The van der Waals surface area contributed by atoms with E-state index in [4.69, 9.17) is 16.3 Å². The molecule has 1 fully saturated rings. The number of halogens is 2. The first kappa shape index (κ1) is 21.1. The van der Waals surface area contributed by atoms with E-state index in [1.807, 2.05) is 4.90 Å². The van der Waals surface area contributed by atoms with Crippen molar-refractivity contribution < 1.29 is 18.7 Å². The summed E-state index contributed by atoms with van der Waals surface area (Å²) in [5.74, 6) is -0.0683. The minimum atomic E-state index is -0.623. The molecule has 2 amide bonds. The van der Waals surface area contributed by atoms with Crippen LogP contribution < -0.4 is 10.1 Å². The molecule has 0 spiro atoms. The van der Waals surface area contributed by atoms with Crippen molar-refractivity contribution >= 4 is 29.1 Å². The number of carbonyl (C=O) groups is 2. The fourth-order valence-corrected chi connectivity index (χ4v) is 3.30. The van der Waals surface area contributed by atoms with Crippen molar-refractivity contribution in [2.75, 3.05) is 38.0 Å². The predicted octanol–water partition coefficient (Wildman–Crippen LogP) is 3.03. The van der Waals surface area contributed by atoms with E-state index in [2.05, 4.69) is 5.32 Å². The highest BCUT2D eigenvalue weighted by molar-refractivity contribution is 6.30. The molecule has 0 saturated carbocycles. The van der Waals surface area contributed by atoms with Gasteiger partial charge in [-0.15, -0.1) is 0 Å². The molecular formula is C21H23ClFN3O3. The molecule has 1 heterocycles. The quantitative estimate of drug-likeness (QED) is 0.781. The van der Waals surface area contributed by atoms with E-state index in [9.17, 15) is 14.0 Å². The predicted molar refractivity (Wildman–Crippen MR) is 110 cm³/mol. The van der Waals surface area contributed by atoms with Crippen molar-refractivity contribution in [1.82, 2.24) is 9.80 Å². The monoisotopic (exact) mass is 419 g/mol. The summed E-state index contributed by atoms with van der Waals surface area (Å²) in [5, 5.41) is 3.29. The van der Waals surface area contributed by atoms with Crippen LogP contribution in [0.25, 0.3) is 0 Å². The fourth-order valence-electron chi connectivity index (χ4n) is 3.12. The smallest absolute Gasteiger partial charge is 0.263 e. The standard InChI is InChI=1S/C21H23ClFN3O3/c1-15(29-19-4-2-3-16(22)13-19)21(28)26-11-9-25(10-12-26)14-20(27)24-18-7-5-17(23)6-8-18/h2-8,13,15H,9-12,14H2,1H3,(H,24,27). The normalized spacial score (nSPS) is 15.6. The van der Waals surface area contributed by atoms with Gasteiger partial charge in [0.25, 0.3) is 5.91 Å². The number of anilines is 1. The van der Waals surface area contributed by atoms with Crippen molar-refractivity contribution in [2.24, 2.45) is 0 Å². The molecule has 154 valence electrons. The van der Waals surface area contributed by atoms with E-state index in [0.717, 1.165) is 0 Å². The Kier molecular flexibility index (Phi) is 7.06. The molecular weight excluding hydrogens is 397 g/mol. The molecule has 1 atom stereocenters. The molecule has 2 aromatic rings. The van der Waals surface area contributed by atoms with Gasteiger partial charge in [-0.25, -0.2) is 4.39 Å². The number of piperazine rings is 1. The van der Waals surface area contributed by atoms with Gasteiger partial charge in [-0.05, 0) is 49.4 Å². The van der Waals surface area contributed by atoms with Crippen LogP contribution in [0, 0.1) is 5.82 Å². The van der Waals surface area contributed by atoms with Gasteiger partial charge in [0.2, 0.25) is 5.91 Å². The minimum Gasteiger partial charge on any atom is -0.481 e. The topological polar surface area (TPSA) is 61.9 Å². The lowest BCUT2D eigenvalue weighted by atomic mass is 10.2. The van der Waals surface area contributed by atoms with Gasteiger partial charge in [0.15, 0.2) is 6.10 Å². The summed E-state index contributed by atoms with van der Waals surface area (Å²) in [6.07, 6.45) is -0.623. The van der Waals surface area contributed by atoms with Crippen LogP contribution >= 0.6 is 11.6 Å². The average Bonchev–Trinajstić information content (AvgIpc) is 2.70. The second-order valence-corrected chi connectivity index (χ2v) is 7.31. The SMILES string of the molecule is CC(Oc1cccc(Cl)c1)C(=O)N1CCN(CC(=O)Nc2ccc(F)cc2)CC1. The van der Waals surface area contributed by atoms with Crippen molar-refractivity contribution in [3.8, 4) is 5.75 Å². The first-order chi connectivity index (χ1) is 13.9. The Hall–Kier alpha value is -2.64. The van der Waals surface area contributed by atoms with Gasteiger partial charge in [-0.1, -0.05) is 17.7 Å². The summed E-state index contributed by atoms with van der Waals surface area (Å²) < 4.78 is 18.6. The zero-order chi connectivity index (χ0) is 20.8. The van der Waals surface area contributed by atoms with Gasteiger partial charge in [-0.3, -0.25) is 14.5 Å². The van der Waals surface area contributed by atoms with Crippen LogP contribution in [0.3, 0.4) is 0 Å². The fraction of sp³-hybridized carbons (Fsp3) is 0.333. The number of nitrogens with one attached hydrogen (secondary N) is 1. The Morgan fingerprint density at radius 3 is 2.48 bits per heavy atom. The van der Waals surface area contributed by atoms with E-state index < -0.39 is 6.10 Å². The summed E-state index contributed by atoms with van der Waals surface area (Å²) in [6.45, 7) is 4.15. The zero-order valence-corrected chi connectivity index (χ0v) is 16.9. The van der Waals surface area contributed by atoms with E-state index in [0.29, 0.717) is 42.6 Å². The number of hydrogen-bond acceptors (Lipinski definition) is 4. The van der Waals surface area contributed by atoms with Gasteiger partial charge in [0, 0.05) is 36.9 Å². The highest BCUT2D eigenvalue weighted by atomic mass is 35.5. The second kappa shape index (κ2) is 9.71. The third-order valence-corrected chi connectivity index (χ3v) is 4.87. The molecule has 1 saturated heterocycles. The third-order valence-electron chi connectivity index (χ3n) is 4.64. The van der Waals surface area contributed by atoms with Gasteiger partial charge >= 0.3 is 0 Å². The first-order valence-electron chi connectivity index (χ1n) is 9.39. The van der Waals surface area contributed by atoms with Crippen LogP contribution in [0.5, 0.6) is 5.75 Å². The number of nitrogens with zero attached hydrogens (tertiary/aromatic N) is 2. The Morgan fingerprint density at radius 2 is 1.83 bits per heavy atom. The zero-order valence-electron chi connectivity index (χ0n) is 16.1. The van der Waals surface area contributed by atoms with Crippen molar-refractivity contribution in [1.29, 1.82) is 0 Å². The molecule has 0 radical (unpaired) electrons. The van der Waals surface area contributed by atoms with E-state index >= 15 is 0 Å². The van der Waals surface area contributed by atoms with E-state index in [1.165, 1.54) is 24.3 Å². The maximum Gasteiger partial charge on any atom is 0.263 e. The van der Waals surface area contributed by atoms with Crippen LogP contribution in [0.1, 0.15) is 6.92 Å². The molecule has 8 heteroatoms. The van der Waals surface area contributed by atoms with Crippen LogP contribution in [-0.4, -0.2) is 60.4 Å². The summed E-state index contributed by atoms with van der Waals surface area (Å²) in [4.78, 5) is 28.5. The van der Waals surface area contributed by atoms with Gasteiger partial charge in [0.1, 0.15) is 11.6 Å². The number of amides is 2. The Bertz CT molecular complexity index is 855. The minimum absolute atomic E-state index is 0.0969. The summed E-state index contributed by atoms with van der Waals surface area (Å²) in [7, 11) is 0. The Labute approximate surface area is 174 Å². The summed E-state index contributed by atoms with van der Waals surface area (Å²) in [6, 6.07) is 12.6. The molecule has 3 rings (SSSR count). The number of benzene rings is 2. The molecule has 1 N–H and O–H groups in total. The van der Waals surface area contributed by atoms with E-state index in [1.54, 1.807) is 36.1 Å². The Morgan fingerprint density at radius 1 is 1.14 bits per heavy atom. The van der Waals surface area contributed by atoms with Crippen molar-refractivity contribution in [3.05, 3.63) is 59.4 Å². The average molecular weight is 420 g/mol. The number of ether oxygens (including phenoxy) is 1. The molecule has 0 bridgehead atoms. The van der Waals surface area contributed by atoms with Crippen LogP contribution in [0.2, 0.25) is 5.02 Å². The molecule has 6 nitrogen and oxygen atoms in total. The molecule has 1 unspecified atom stereocenters. The lowest BCUT2D eigenvalue weighted by molar-refractivity contribution is -0.139. The molecule has 29 heavy (non-hydrogen) atoms. The lowest BCUT2D eigenvalue weighted by Gasteiger charge is -2.35. The largest absolute Gasteiger partial charge is 0.481 e. The highest BCUT2D eigenvalue weighted by Gasteiger charge is 2.26. The molecule has 0 aromatic heterocycles. The van der Waals surface area contributed by atoms with Crippen LogP contribution in [0.15, 0.2) is 48.5 Å². The number of rotatable bonds is 6. The summed E-state index contributed by atoms with van der Waals surface area (Å²) >= 11 is 5.94. The van der Waals surface area contributed by atoms with E-state index in [-0.39, 0.29) is 24.2 Å². The molecule has 1 aliphatic rings. The lowest BCUT2D eigenvalue weighted by Crippen LogP contribution is -2.53. The van der Waals surface area contributed by atoms with Crippen LogP contribution in [-0.2, 0) is 9.59 Å². The molecule has 1 aliphatic heterocycles. The van der Waals surface area contributed by atoms with Gasteiger partial charge in [-0.2, -0.15) is 0 Å². The Balaban J connectivity index is 1.43. The maximum absolute atomic E-state index is 12.9. The first-order valence-corrected chi connectivity index (χ1v) is 9.77. The maximum atomic E-state index is 12.9. The van der Waals surface area contributed by atoms with Gasteiger partial charge < -0.3 is 15.0 Å².